The Morgan fingerprint density at radius 2 is 1.52 bits per heavy atom. The number of para-hydroxylation sites is 1. The molecule has 0 radical (unpaired) electrons. The quantitative estimate of drug-likeness (QED) is 0.621. The van der Waals surface area contributed by atoms with Gasteiger partial charge in [-0.3, -0.25) is 24.6 Å². The molecule has 0 bridgehead atoms. The first-order valence-corrected chi connectivity index (χ1v) is 8.80. The van der Waals surface area contributed by atoms with E-state index in [0.29, 0.717) is 26.2 Å². The monoisotopic (exact) mass is 366 g/mol. The SMILES string of the molecule is Nc1ccccc1C(=O)NC(=O)C(=O)N1CCN(Cc2ccccc2)CC1. The van der Waals surface area contributed by atoms with Crippen LogP contribution < -0.4 is 11.1 Å². The zero-order valence-electron chi connectivity index (χ0n) is 14.9. The molecule has 140 valence electrons. The molecule has 0 atom stereocenters. The lowest BCUT2D eigenvalue weighted by atomic mass is 10.1. The first-order chi connectivity index (χ1) is 13.0. The fourth-order valence-corrected chi connectivity index (χ4v) is 3.02. The Morgan fingerprint density at radius 1 is 0.889 bits per heavy atom. The van der Waals surface area contributed by atoms with Crippen molar-refractivity contribution in [2.45, 2.75) is 6.54 Å². The van der Waals surface area contributed by atoms with Crippen LogP contribution in [0.3, 0.4) is 0 Å². The highest BCUT2D eigenvalue weighted by Gasteiger charge is 2.27. The number of anilines is 1. The molecule has 0 spiro atoms. The number of hydrogen-bond acceptors (Lipinski definition) is 5. The van der Waals surface area contributed by atoms with Gasteiger partial charge in [0.25, 0.3) is 5.91 Å². The molecule has 2 aromatic carbocycles. The van der Waals surface area contributed by atoms with Gasteiger partial charge in [-0.15, -0.1) is 0 Å². The summed E-state index contributed by atoms with van der Waals surface area (Å²) in [6.45, 7) is 3.04. The summed E-state index contributed by atoms with van der Waals surface area (Å²) in [5, 5.41) is 2.12. The minimum absolute atomic E-state index is 0.173. The normalized spacial score (nSPS) is 14.6. The van der Waals surface area contributed by atoms with Crippen molar-refractivity contribution in [2.24, 2.45) is 0 Å². The van der Waals surface area contributed by atoms with Crippen LogP contribution in [0.15, 0.2) is 54.6 Å². The Hall–Kier alpha value is -3.19. The standard InChI is InChI=1S/C20H22N4O3/c21-17-9-5-4-8-16(17)18(25)22-19(26)20(27)24-12-10-23(11-13-24)14-15-6-2-1-3-7-15/h1-9H,10-14,21H2,(H,22,25,26). The maximum absolute atomic E-state index is 12.3. The molecule has 0 aliphatic carbocycles. The molecule has 0 unspecified atom stereocenters. The molecule has 1 aliphatic rings. The van der Waals surface area contributed by atoms with Crippen molar-refractivity contribution in [3.8, 4) is 0 Å². The van der Waals surface area contributed by atoms with E-state index >= 15 is 0 Å². The summed E-state index contributed by atoms with van der Waals surface area (Å²) >= 11 is 0. The van der Waals surface area contributed by atoms with Gasteiger partial charge >= 0.3 is 11.8 Å². The largest absolute Gasteiger partial charge is 0.398 e. The highest BCUT2D eigenvalue weighted by molar-refractivity contribution is 6.38. The van der Waals surface area contributed by atoms with Crippen LogP contribution in [-0.2, 0) is 16.1 Å². The number of nitrogens with zero attached hydrogens (tertiary/aromatic N) is 2. The maximum atomic E-state index is 12.3. The van der Waals surface area contributed by atoms with Crippen molar-refractivity contribution in [3.63, 3.8) is 0 Å². The van der Waals surface area contributed by atoms with E-state index in [1.165, 1.54) is 16.5 Å². The number of nitrogen functional groups attached to an aromatic ring is 1. The van der Waals surface area contributed by atoms with E-state index in [1.807, 2.05) is 18.2 Å². The average Bonchev–Trinajstić information content (AvgIpc) is 2.69. The van der Waals surface area contributed by atoms with E-state index < -0.39 is 17.7 Å². The summed E-state index contributed by atoms with van der Waals surface area (Å²) in [6.07, 6.45) is 0. The lowest BCUT2D eigenvalue weighted by Gasteiger charge is -2.34. The van der Waals surface area contributed by atoms with E-state index in [0.717, 1.165) is 6.54 Å². The Kier molecular flexibility index (Phi) is 5.83. The van der Waals surface area contributed by atoms with Gasteiger partial charge in [0.2, 0.25) is 0 Å². The number of carbonyl (C=O) groups is 3. The summed E-state index contributed by atoms with van der Waals surface area (Å²) in [6, 6.07) is 16.5. The number of hydrogen-bond donors (Lipinski definition) is 2. The Morgan fingerprint density at radius 3 is 2.19 bits per heavy atom. The fraction of sp³-hybridized carbons (Fsp3) is 0.250. The van der Waals surface area contributed by atoms with Crippen LogP contribution in [0.4, 0.5) is 5.69 Å². The van der Waals surface area contributed by atoms with Crippen molar-refractivity contribution in [1.29, 1.82) is 0 Å². The molecule has 1 saturated heterocycles. The van der Waals surface area contributed by atoms with Crippen molar-refractivity contribution < 1.29 is 14.4 Å². The van der Waals surface area contributed by atoms with E-state index in [9.17, 15) is 14.4 Å². The molecule has 1 aliphatic heterocycles. The van der Waals surface area contributed by atoms with E-state index in [2.05, 4.69) is 22.3 Å². The van der Waals surface area contributed by atoms with Gasteiger partial charge in [-0.25, -0.2) is 0 Å². The maximum Gasteiger partial charge on any atom is 0.316 e. The Balaban J connectivity index is 1.50. The molecule has 1 heterocycles. The van der Waals surface area contributed by atoms with Crippen molar-refractivity contribution >= 4 is 23.4 Å². The number of nitrogens with one attached hydrogen (secondary N) is 1. The number of piperazine rings is 1. The molecule has 3 N–H and O–H groups in total. The van der Waals surface area contributed by atoms with Gasteiger partial charge in [0.1, 0.15) is 0 Å². The van der Waals surface area contributed by atoms with Gasteiger partial charge in [0, 0.05) is 38.4 Å². The van der Waals surface area contributed by atoms with Crippen LogP contribution in [0, 0.1) is 0 Å². The predicted octanol–water partition coefficient (Wildman–Crippen LogP) is 0.870. The average molecular weight is 366 g/mol. The van der Waals surface area contributed by atoms with Crippen molar-refractivity contribution in [2.75, 3.05) is 31.9 Å². The second kappa shape index (κ2) is 8.46. The summed E-state index contributed by atoms with van der Waals surface area (Å²) in [5.41, 5.74) is 7.36. The van der Waals surface area contributed by atoms with Gasteiger partial charge in [0.05, 0.1) is 5.56 Å². The first-order valence-electron chi connectivity index (χ1n) is 8.80. The Labute approximate surface area is 157 Å². The molecule has 27 heavy (non-hydrogen) atoms. The predicted molar refractivity (Wildman–Crippen MR) is 102 cm³/mol. The second-order valence-electron chi connectivity index (χ2n) is 6.42. The third kappa shape index (κ3) is 4.71. The van der Waals surface area contributed by atoms with Gasteiger partial charge in [-0.05, 0) is 17.7 Å². The van der Waals surface area contributed by atoms with Crippen LogP contribution >= 0.6 is 0 Å². The number of carbonyl (C=O) groups excluding carboxylic acids is 3. The summed E-state index contributed by atoms with van der Waals surface area (Å²) in [7, 11) is 0. The molecular weight excluding hydrogens is 344 g/mol. The number of imide groups is 1. The van der Waals surface area contributed by atoms with Crippen LogP contribution in [-0.4, -0.2) is 53.7 Å². The molecule has 0 saturated carbocycles. The molecule has 0 aromatic heterocycles. The van der Waals surface area contributed by atoms with E-state index in [4.69, 9.17) is 5.73 Å². The van der Waals surface area contributed by atoms with Gasteiger partial charge < -0.3 is 10.6 Å². The highest BCUT2D eigenvalue weighted by atomic mass is 16.2. The summed E-state index contributed by atoms with van der Waals surface area (Å²) in [5.74, 6) is -2.30. The highest BCUT2D eigenvalue weighted by Crippen LogP contribution is 2.11. The minimum atomic E-state index is -0.931. The fourth-order valence-electron chi connectivity index (χ4n) is 3.02. The zero-order valence-corrected chi connectivity index (χ0v) is 14.9. The van der Waals surface area contributed by atoms with E-state index in [1.54, 1.807) is 18.2 Å². The third-order valence-corrected chi connectivity index (χ3v) is 4.54. The third-order valence-electron chi connectivity index (χ3n) is 4.54. The molecule has 2 aromatic rings. The number of nitrogens with two attached hydrogens (primary N) is 1. The lowest BCUT2D eigenvalue weighted by Crippen LogP contribution is -2.53. The molecular formula is C20H22N4O3. The number of rotatable bonds is 3. The van der Waals surface area contributed by atoms with Crippen LogP contribution in [0.5, 0.6) is 0 Å². The van der Waals surface area contributed by atoms with Crippen molar-refractivity contribution in [3.05, 3.63) is 65.7 Å². The van der Waals surface area contributed by atoms with Gasteiger partial charge in [-0.1, -0.05) is 42.5 Å². The topological polar surface area (TPSA) is 95.7 Å². The first kappa shape index (κ1) is 18.6. The smallest absolute Gasteiger partial charge is 0.316 e. The zero-order chi connectivity index (χ0) is 19.2. The van der Waals surface area contributed by atoms with Crippen molar-refractivity contribution in [1.82, 2.24) is 15.1 Å². The lowest BCUT2D eigenvalue weighted by molar-refractivity contribution is -0.146. The summed E-state index contributed by atoms with van der Waals surface area (Å²) in [4.78, 5) is 40.3. The molecule has 3 rings (SSSR count). The van der Waals surface area contributed by atoms with Gasteiger partial charge in [0.15, 0.2) is 0 Å². The van der Waals surface area contributed by atoms with Crippen LogP contribution in [0.1, 0.15) is 15.9 Å². The van der Waals surface area contributed by atoms with Crippen LogP contribution in [0.2, 0.25) is 0 Å². The van der Waals surface area contributed by atoms with E-state index in [-0.39, 0.29) is 11.3 Å². The Bertz CT molecular complexity index is 830. The van der Waals surface area contributed by atoms with Crippen LogP contribution in [0.25, 0.3) is 0 Å². The van der Waals surface area contributed by atoms with Gasteiger partial charge in [-0.2, -0.15) is 0 Å². The second-order valence-corrected chi connectivity index (χ2v) is 6.42. The minimum Gasteiger partial charge on any atom is -0.398 e. The molecule has 1 fully saturated rings. The number of amides is 3. The summed E-state index contributed by atoms with van der Waals surface area (Å²) < 4.78 is 0. The molecule has 7 heteroatoms. The molecule has 3 amide bonds. The number of benzene rings is 2. The molecule has 7 nitrogen and oxygen atoms in total.